The van der Waals surface area contributed by atoms with Gasteiger partial charge in [-0.25, -0.2) is 9.97 Å². The molecule has 2 aromatic rings. The van der Waals surface area contributed by atoms with Crippen molar-refractivity contribution in [1.82, 2.24) is 9.97 Å². The van der Waals surface area contributed by atoms with Crippen molar-refractivity contribution in [1.29, 1.82) is 5.26 Å². The van der Waals surface area contributed by atoms with Gasteiger partial charge in [-0.15, -0.1) is 0 Å². The number of amides is 1. The van der Waals surface area contributed by atoms with Gasteiger partial charge < -0.3 is 4.90 Å². The Morgan fingerprint density at radius 1 is 1.29 bits per heavy atom. The molecule has 1 aliphatic heterocycles. The number of rotatable bonds is 3. The Morgan fingerprint density at radius 2 is 2.00 bits per heavy atom. The molecule has 0 aliphatic carbocycles. The van der Waals surface area contributed by atoms with E-state index in [1.54, 1.807) is 30.6 Å². The fraction of sp³-hybridized carbons (Fsp3) is 0.294. The summed E-state index contributed by atoms with van der Waals surface area (Å²) in [5.74, 6) is 0.190. The highest BCUT2D eigenvalue weighted by Crippen LogP contribution is 2.28. The van der Waals surface area contributed by atoms with E-state index in [1.807, 2.05) is 6.07 Å². The van der Waals surface area contributed by atoms with Crippen LogP contribution < -0.4 is 10.2 Å². The predicted octanol–water partition coefficient (Wildman–Crippen LogP) is 2.86. The molecular formula is C17H16ClN5O. The topological polar surface area (TPSA) is 81.9 Å². The lowest BCUT2D eigenvalue weighted by molar-refractivity contribution is -0.120. The summed E-state index contributed by atoms with van der Waals surface area (Å²) in [6.45, 7) is 1.42. The van der Waals surface area contributed by atoms with Gasteiger partial charge >= 0.3 is 0 Å². The van der Waals surface area contributed by atoms with E-state index in [1.165, 1.54) is 0 Å². The first-order chi connectivity index (χ1) is 11.7. The molecule has 2 heterocycles. The fourth-order valence-corrected chi connectivity index (χ4v) is 3.00. The van der Waals surface area contributed by atoms with Crippen LogP contribution in [0.4, 0.5) is 11.6 Å². The van der Waals surface area contributed by atoms with Crippen LogP contribution in [-0.2, 0) is 4.79 Å². The Morgan fingerprint density at radius 3 is 2.67 bits per heavy atom. The molecule has 6 nitrogen and oxygen atoms in total. The molecule has 1 saturated heterocycles. The van der Waals surface area contributed by atoms with Crippen molar-refractivity contribution in [2.75, 3.05) is 23.3 Å². The molecule has 1 fully saturated rings. The van der Waals surface area contributed by atoms with E-state index in [0.29, 0.717) is 42.5 Å². The van der Waals surface area contributed by atoms with Crippen molar-refractivity contribution >= 4 is 29.1 Å². The molecule has 0 bridgehead atoms. The molecule has 0 spiro atoms. The first-order valence-electron chi connectivity index (χ1n) is 7.70. The van der Waals surface area contributed by atoms with Crippen LogP contribution in [0.15, 0.2) is 36.7 Å². The quantitative estimate of drug-likeness (QED) is 0.928. The SMILES string of the molecule is N#Cc1cc(Cl)ccc1N1CCC(C(=O)Nc2ncccn2)CC1. The van der Waals surface area contributed by atoms with E-state index in [9.17, 15) is 10.1 Å². The Kier molecular flexibility index (Phi) is 4.92. The van der Waals surface area contributed by atoms with Crippen LogP contribution in [0.2, 0.25) is 5.02 Å². The second-order valence-electron chi connectivity index (χ2n) is 5.60. The molecule has 1 aliphatic rings. The summed E-state index contributed by atoms with van der Waals surface area (Å²) in [5.41, 5.74) is 1.43. The molecule has 24 heavy (non-hydrogen) atoms. The van der Waals surface area contributed by atoms with Gasteiger partial charge in [0.15, 0.2) is 0 Å². The van der Waals surface area contributed by atoms with E-state index in [0.717, 1.165) is 5.69 Å². The number of aromatic nitrogens is 2. The van der Waals surface area contributed by atoms with Gasteiger partial charge in [0.2, 0.25) is 11.9 Å². The average molecular weight is 342 g/mol. The maximum atomic E-state index is 12.3. The maximum Gasteiger partial charge on any atom is 0.229 e. The summed E-state index contributed by atoms with van der Waals surface area (Å²) < 4.78 is 0. The van der Waals surface area contributed by atoms with Crippen LogP contribution in [0.5, 0.6) is 0 Å². The Bertz CT molecular complexity index is 766. The van der Waals surface area contributed by atoms with Gasteiger partial charge in [0.25, 0.3) is 0 Å². The zero-order valence-corrected chi connectivity index (χ0v) is 13.7. The van der Waals surface area contributed by atoms with E-state index in [-0.39, 0.29) is 11.8 Å². The summed E-state index contributed by atoms with van der Waals surface area (Å²) in [6.07, 6.45) is 4.61. The Labute approximate surface area is 145 Å². The minimum absolute atomic E-state index is 0.0579. The minimum atomic E-state index is -0.0807. The number of nitrogens with zero attached hydrogens (tertiary/aromatic N) is 4. The van der Waals surface area contributed by atoms with Crippen molar-refractivity contribution in [3.63, 3.8) is 0 Å². The summed E-state index contributed by atoms with van der Waals surface area (Å²) in [7, 11) is 0. The van der Waals surface area contributed by atoms with Gasteiger partial charge in [0, 0.05) is 36.4 Å². The van der Waals surface area contributed by atoms with Gasteiger partial charge in [-0.2, -0.15) is 5.26 Å². The summed E-state index contributed by atoms with van der Waals surface area (Å²) in [6, 6.07) is 9.19. The second-order valence-corrected chi connectivity index (χ2v) is 6.03. The van der Waals surface area contributed by atoms with Crippen LogP contribution in [0.1, 0.15) is 18.4 Å². The summed E-state index contributed by atoms with van der Waals surface area (Å²) in [5, 5.41) is 12.6. The number of carbonyl (C=O) groups excluding carboxylic acids is 1. The van der Waals surface area contributed by atoms with Crippen LogP contribution in [0, 0.1) is 17.2 Å². The van der Waals surface area contributed by atoms with Crippen molar-refractivity contribution in [2.45, 2.75) is 12.8 Å². The second kappa shape index (κ2) is 7.28. The highest BCUT2D eigenvalue weighted by atomic mass is 35.5. The zero-order chi connectivity index (χ0) is 16.9. The van der Waals surface area contributed by atoms with E-state index < -0.39 is 0 Å². The number of carbonyl (C=O) groups is 1. The number of halogens is 1. The van der Waals surface area contributed by atoms with Crippen LogP contribution >= 0.6 is 11.6 Å². The Hall–Kier alpha value is -2.65. The smallest absolute Gasteiger partial charge is 0.229 e. The monoisotopic (exact) mass is 341 g/mol. The molecule has 7 heteroatoms. The molecule has 1 amide bonds. The number of benzene rings is 1. The van der Waals surface area contributed by atoms with Gasteiger partial charge in [-0.05, 0) is 37.1 Å². The van der Waals surface area contributed by atoms with Crippen LogP contribution in [-0.4, -0.2) is 29.0 Å². The third-order valence-corrected chi connectivity index (χ3v) is 4.32. The highest BCUT2D eigenvalue weighted by Gasteiger charge is 2.26. The molecule has 122 valence electrons. The van der Waals surface area contributed by atoms with Crippen molar-refractivity contribution in [2.24, 2.45) is 5.92 Å². The van der Waals surface area contributed by atoms with Crippen LogP contribution in [0.25, 0.3) is 0 Å². The first-order valence-corrected chi connectivity index (χ1v) is 8.07. The number of piperidine rings is 1. The molecular weight excluding hydrogens is 326 g/mol. The molecule has 0 atom stereocenters. The third kappa shape index (κ3) is 3.63. The van der Waals surface area contributed by atoms with Crippen molar-refractivity contribution in [3.05, 3.63) is 47.2 Å². The Balaban J connectivity index is 1.62. The fourth-order valence-electron chi connectivity index (χ4n) is 2.83. The number of anilines is 2. The lowest BCUT2D eigenvalue weighted by Crippen LogP contribution is -2.38. The lowest BCUT2D eigenvalue weighted by Gasteiger charge is -2.33. The molecule has 1 aromatic heterocycles. The van der Waals surface area contributed by atoms with Crippen molar-refractivity contribution < 1.29 is 4.79 Å². The lowest BCUT2D eigenvalue weighted by atomic mass is 9.95. The molecule has 0 unspecified atom stereocenters. The molecule has 3 rings (SSSR count). The summed E-state index contributed by atoms with van der Waals surface area (Å²) in [4.78, 5) is 22.4. The number of nitriles is 1. The third-order valence-electron chi connectivity index (χ3n) is 4.09. The van der Waals surface area contributed by atoms with Gasteiger partial charge in [0.1, 0.15) is 6.07 Å². The molecule has 1 aromatic carbocycles. The minimum Gasteiger partial charge on any atom is -0.370 e. The molecule has 1 N–H and O–H groups in total. The predicted molar refractivity (Wildman–Crippen MR) is 91.8 cm³/mol. The zero-order valence-electron chi connectivity index (χ0n) is 12.9. The van der Waals surface area contributed by atoms with Gasteiger partial charge in [-0.1, -0.05) is 11.6 Å². The molecule has 0 saturated carbocycles. The standard InChI is InChI=1S/C17H16ClN5O/c18-14-2-3-15(13(10-14)11-19)23-8-4-12(5-9-23)16(24)22-17-20-6-1-7-21-17/h1-3,6-7,10,12H,4-5,8-9H2,(H,20,21,22,24). The highest BCUT2D eigenvalue weighted by molar-refractivity contribution is 6.30. The summed E-state index contributed by atoms with van der Waals surface area (Å²) >= 11 is 5.94. The normalized spacial score (nSPS) is 14.9. The van der Waals surface area contributed by atoms with Crippen LogP contribution in [0.3, 0.4) is 0 Å². The molecule has 0 radical (unpaired) electrons. The van der Waals surface area contributed by atoms with Gasteiger partial charge in [0.05, 0.1) is 11.3 Å². The number of nitrogens with one attached hydrogen (secondary N) is 1. The largest absolute Gasteiger partial charge is 0.370 e. The number of hydrogen-bond donors (Lipinski definition) is 1. The van der Waals surface area contributed by atoms with E-state index in [4.69, 9.17) is 11.6 Å². The van der Waals surface area contributed by atoms with Crippen molar-refractivity contribution in [3.8, 4) is 6.07 Å². The average Bonchev–Trinajstić information content (AvgIpc) is 2.62. The maximum absolute atomic E-state index is 12.3. The van der Waals surface area contributed by atoms with Gasteiger partial charge in [-0.3, -0.25) is 10.1 Å². The number of hydrogen-bond acceptors (Lipinski definition) is 5. The first kappa shape index (κ1) is 16.2. The van der Waals surface area contributed by atoms with E-state index in [2.05, 4.69) is 26.3 Å². The van der Waals surface area contributed by atoms with E-state index >= 15 is 0 Å².